The van der Waals surface area contributed by atoms with Crippen molar-refractivity contribution in [1.29, 1.82) is 0 Å². The zero-order chi connectivity index (χ0) is 15.9. The molecule has 1 atom stereocenters. The van der Waals surface area contributed by atoms with Crippen LogP contribution in [0.1, 0.15) is 18.1 Å². The van der Waals surface area contributed by atoms with Crippen molar-refractivity contribution >= 4 is 17.5 Å². The normalized spacial score (nSPS) is 11.9. The maximum absolute atomic E-state index is 11.0. The van der Waals surface area contributed by atoms with Crippen LogP contribution in [0.15, 0.2) is 48.5 Å². The number of hydrogen-bond acceptors (Lipinski definition) is 3. The smallest absolute Gasteiger partial charge is 0.234 e. The number of carbonyl (C=O) groups is 1. The number of hydrogen-bond donors (Lipinski definition) is 2. The molecular weight excluding hydrogens is 300 g/mol. The molecule has 1 amide bonds. The molecule has 0 heterocycles. The third kappa shape index (κ3) is 5.06. The lowest BCUT2D eigenvalue weighted by atomic mass is 10.1. The highest BCUT2D eigenvalue weighted by molar-refractivity contribution is 6.30. The minimum absolute atomic E-state index is 0.340. The van der Waals surface area contributed by atoms with Crippen molar-refractivity contribution in [3.8, 4) is 5.75 Å². The van der Waals surface area contributed by atoms with E-state index in [0.717, 1.165) is 16.9 Å². The summed E-state index contributed by atoms with van der Waals surface area (Å²) in [5.41, 5.74) is 7.36. The lowest BCUT2D eigenvalue weighted by Crippen LogP contribution is -2.38. The van der Waals surface area contributed by atoms with Gasteiger partial charge in [-0.25, -0.2) is 0 Å². The number of nitrogens with one attached hydrogen (secondary N) is 1. The Kier molecular flexibility index (Phi) is 5.81. The lowest BCUT2D eigenvalue weighted by molar-refractivity contribution is -0.119. The Balaban J connectivity index is 1.83. The standard InChI is InChI=1S/C17H19ClN2O2/c1-12(17(19)21)20-10-13-2-4-14(5-3-13)11-22-16-8-6-15(18)7-9-16/h2-9,12,20H,10-11H2,1H3,(H2,19,21)/t12-/m0/s1. The Morgan fingerprint density at radius 2 is 1.73 bits per heavy atom. The minimum atomic E-state index is -0.354. The number of halogens is 1. The van der Waals surface area contributed by atoms with Crippen LogP contribution in [0.4, 0.5) is 0 Å². The molecule has 0 aliphatic heterocycles. The highest BCUT2D eigenvalue weighted by Crippen LogP contribution is 2.17. The van der Waals surface area contributed by atoms with E-state index in [-0.39, 0.29) is 11.9 Å². The lowest BCUT2D eigenvalue weighted by Gasteiger charge is -2.11. The summed E-state index contributed by atoms with van der Waals surface area (Å²) < 4.78 is 5.68. The Morgan fingerprint density at radius 1 is 1.14 bits per heavy atom. The van der Waals surface area contributed by atoms with Crippen LogP contribution in [-0.4, -0.2) is 11.9 Å². The Labute approximate surface area is 135 Å². The summed E-state index contributed by atoms with van der Waals surface area (Å²) >= 11 is 5.83. The van der Waals surface area contributed by atoms with Crippen LogP contribution in [0.2, 0.25) is 5.02 Å². The molecule has 0 saturated heterocycles. The predicted molar refractivity (Wildman–Crippen MR) is 87.7 cm³/mol. The molecule has 2 rings (SSSR count). The molecule has 0 spiro atoms. The van der Waals surface area contributed by atoms with E-state index in [9.17, 15) is 4.79 Å². The van der Waals surface area contributed by atoms with Gasteiger partial charge in [-0.1, -0.05) is 35.9 Å². The largest absolute Gasteiger partial charge is 0.489 e. The maximum atomic E-state index is 11.0. The highest BCUT2D eigenvalue weighted by atomic mass is 35.5. The molecule has 3 N–H and O–H groups in total. The van der Waals surface area contributed by atoms with Gasteiger partial charge in [0.25, 0.3) is 0 Å². The Morgan fingerprint density at radius 3 is 2.32 bits per heavy atom. The molecule has 0 aliphatic rings. The molecule has 5 heteroatoms. The van der Waals surface area contributed by atoms with Crippen molar-refractivity contribution < 1.29 is 9.53 Å². The van der Waals surface area contributed by atoms with Crippen LogP contribution in [0, 0.1) is 0 Å². The van der Waals surface area contributed by atoms with Gasteiger partial charge in [0, 0.05) is 11.6 Å². The van der Waals surface area contributed by atoms with Crippen molar-refractivity contribution in [2.24, 2.45) is 5.73 Å². The van der Waals surface area contributed by atoms with E-state index >= 15 is 0 Å². The van der Waals surface area contributed by atoms with Crippen molar-refractivity contribution in [2.45, 2.75) is 26.1 Å². The monoisotopic (exact) mass is 318 g/mol. The summed E-state index contributed by atoms with van der Waals surface area (Å²) in [4.78, 5) is 11.0. The van der Waals surface area contributed by atoms with Crippen LogP contribution >= 0.6 is 11.6 Å². The van der Waals surface area contributed by atoms with E-state index < -0.39 is 0 Å². The average Bonchev–Trinajstić information content (AvgIpc) is 2.53. The fourth-order valence-corrected chi connectivity index (χ4v) is 1.95. The first-order valence-corrected chi connectivity index (χ1v) is 7.41. The molecule has 0 aromatic heterocycles. The molecule has 22 heavy (non-hydrogen) atoms. The zero-order valence-electron chi connectivity index (χ0n) is 12.4. The quantitative estimate of drug-likeness (QED) is 0.825. The summed E-state index contributed by atoms with van der Waals surface area (Å²) in [5.74, 6) is 0.429. The van der Waals surface area contributed by atoms with Gasteiger partial charge in [-0.15, -0.1) is 0 Å². The van der Waals surface area contributed by atoms with Gasteiger partial charge in [-0.2, -0.15) is 0 Å². The van der Waals surface area contributed by atoms with Crippen LogP contribution < -0.4 is 15.8 Å². The second-order valence-electron chi connectivity index (χ2n) is 5.06. The highest BCUT2D eigenvalue weighted by Gasteiger charge is 2.06. The third-order valence-electron chi connectivity index (χ3n) is 3.28. The molecule has 0 unspecified atom stereocenters. The molecule has 116 valence electrons. The zero-order valence-corrected chi connectivity index (χ0v) is 13.1. The first-order chi connectivity index (χ1) is 10.5. The topological polar surface area (TPSA) is 64.3 Å². The van der Waals surface area contributed by atoms with E-state index in [0.29, 0.717) is 18.2 Å². The molecule has 0 radical (unpaired) electrons. The molecule has 4 nitrogen and oxygen atoms in total. The van der Waals surface area contributed by atoms with Crippen molar-refractivity contribution in [3.63, 3.8) is 0 Å². The van der Waals surface area contributed by atoms with E-state index in [1.165, 1.54) is 0 Å². The van der Waals surface area contributed by atoms with Crippen LogP contribution in [0.3, 0.4) is 0 Å². The number of ether oxygens (including phenoxy) is 1. The molecule has 0 saturated carbocycles. The first kappa shape index (κ1) is 16.3. The van der Waals surface area contributed by atoms with Gasteiger partial charge in [0.05, 0.1) is 6.04 Å². The molecule has 0 fully saturated rings. The summed E-state index contributed by atoms with van der Waals surface area (Å²) in [5, 5.41) is 3.75. The molecular formula is C17H19ClN2O2. The first-order valence-electron chi connectivity index (χ1n) is 7.03. The van der Waals surface area contributed by atoms with Crippen LogP contribution in [0.25, 0.3) is 0 Å². The van der Waals surface area contributed by atoms with Gasteiger partial charge in [0.15, 0.2) is 0 Å². The fourth-order valence-electron chi connectivity index (χ4n) is 1.82. The number of nitrogens with two attached hydrogens (primary N) is 1. The molecule has 2 aromatic rings. The Bertz CT molecular complexity index is 612. The summed E-state index contributed by atoms with van der Waals surface area (Å²) in [6.07, 6.45) is 0. The van der Waals surface area contributed by atoms with E-state index in [1.54, 1.807) is 19.1 Å². The van der Waals surface area contributed by atoms with Crippen LogP contribution in [-0.2, 0) is 17.9 Å². The molecule has 0 aliphatic carbocycles. The van der Waals surface area contributed by atoms with Gasteiger partial charge < -0.3 is 15.8 Å². The van der Waals surface area contributed by atoms with E-state index in [4.69, 9.17) is 22.1 Å². The summed E-state index contributed by atoms with van der Waals surface area (Å²) in [6.45, 7) is 2.84. The van der Waals surface area contributed by atoms with Crippen LogP contribution in [0.5, 0.6) is 5.75 Å². The molecule has 2 aromatic carbocycles. The SMILES string of the molecule is C[C@H](NCc1ccc(COc2ccc(Cl)cc2)cc1)C(N)=O. The number of rotatable bonds is 7. The van der Waals surface area contributed by atoms with Crippen molar-refractivity contribution in [1.82, 2.24) is 5.32 Å². The van der Waals surface area contributed by atoms with Gasteiger partial charge in [-0.05, 0) is 42.3 Å². The van der Waals surface area contributed by atoms with Crippen molar-refractivity contribution in [3.05, 3.63) is 64.7 Å². The second kappa shape index (κ2) is 7.82. The van der Waals surface area contributed by atoms with E-state index in [2.05, 4.69) is 5.32 Å². The maximum Gasteiger partial charge on any atom is 0.234 e. The summed E-state index contributed by atoms with van der Waals surface area (Å²) in [7, 11) is 0. The van der Waals surface area contributed by atoms with Gasteiger partial charge in [-0.3, -0.25) is 4.79 Å². The number of amides is 1. The predicted octanol–water partition coefficient (Wildman–Crippen LogP) is 2.88. The van der Waals surface area contributed by atoms with Gasteiger partial charge >= 0.3 is 0 Å². The Hall–Kier alpha value is -2.04. The summed E-state index contributed by atoms with van der Waals surface area (Å²) in [6, 6.07) is 14.9. The third-order valence-corrected chi connectivity index (χ3v) is 3.53. The fraction of sp³-hybridized carbons (Fsp3) is 0.235. The van der Waals surface area contributed by atoms with Gasteiger partial charge in [0.1, 0.15) is 12.4 Å². The van der Waals surface area contributed by atoms with Gasteiger partial charge in [0.2, 0.25) is 5.91 Å². The molecule has 0 bridgehead atoms. The number of primary amides is 1. The van der Waals surface area contributed by atoms with E-state index in [1.807, 2.05) is 36.4 Å². The minimum Gasteiger partial charge on any atom is -0.489 e. The number of benzene rings is 2. The number of carbonyl (C=O) groups excluding carboxylic acids is 1. The average molecular weight is 319 g/mol. The second-order valence-corrected chi connectivity index (χ2v) is 5.50. The van der Waals surface area contributed by atoms with Crippen molar-refractivity contribution in [2.75, 3.05) is 0 Å².